The van der Waals surface area contributed by atoms with Crippen molar-refractivity contribution in [3.8, 4) is 0 Å². The molecule has 0 spiro atoms. The number of halogens is 3. The minimum atomic E-state index is -1.44. The highest BCUT2D eigenvalue weighted by atomic mass is 35.6. The predicted octanol–water partition coefficient (Wildman–Crippen LogP) is 6.74. The van der Waals surface area contributed by atoms with E-state index in [2.05, 4.69) is 6.92 Å². The van der Waals surface area contributed by atoms with Crippen molar-refractivity contribution in [3.05, 3.63) is 35.9 Å². The van der Waals surface area contributed by atoms with Gasteiger partial charge in [-0.2, -0.15) is 0 Å². The Morgan fingerprint density at radius 2 is 1.50 bits per heavy atom. The Balaban J connectivity index is 2.67. The summed E-state index contributed by atoms with van der Waals surface area (Å²) < 4.78 is 4.29. The lowest BCUT2D eigenvalue weighted by atomic mass is 9.89. The summed E-state index contributed by atoms with van der Waals surface area (Å²) in [4.78, 5) is 0. The molecule has 0 radical (unpaired) electrons. The Kier molecular flexibility index (Phi) is 9.16. The van der Waals surface area contributed by atoms with Crippen LogP contribution in [0.5, 0.6) is 0 Å². The molecule has 1 atom stereocenters. The van der Waals surface area contributed by atoms with Gasteiger partial charge in [-0.25, -0.2) is 0 Å². The van der Waals surface area contributed by atoms with Crippen molar-refractivity contribution in [3.63, 3.8) is 0 Å². The molecule has 0 N–H and O–H groups in total. The van der Waals surface area contributed by atoms with E-state index >= 15 is 0 Å². The van der Waals surface area contributed by atoms with Crippen molar-refractivity contribution in [2.75, 3.05) is 7.11 Å². The highest BCUT2D eigenvalue weighted by Gasteiger charge is 2.48. The van der Waals surface area contributed by atoms with Gasteiger partial charge >= 0.3 is 0 Å². The van der Waals surface area contributed by atoms with Gasteiger partial charge in [-0.3, -0.25) is 0 Å². The van der Waals surface area contributed by atoms with Gasteiger partial charge in [0, 0.05) is 13.5 Å². The average Bonchev–Trinajstić information content (AvgIpc) is 2.49. The summed E-state index contributed by atoms with van der Waals surface area (Å²) in [5.74, 6) is 0. The third-order valence-electron chi connectivity index (χ3n) is 4.17. The molecule has 22 heavy (non-hydrogen) atoms. The summed E-state index contributed by atoms with van der Waals surface area (Å²) in [5.41, 5.74) is 0.353. The van der Waals surface area contributed by atoms with E-state index in [0.717, 1.165) is 24.8 Å². The summed E-state index contributed by atoms with van der Waals surface area (Å²) in [7, 11) is 1.64. The van der Waals surface area contributed by atoms with Gasteiger partial charge in [-0.15, -0.1) is 0 Å². The lowest BCUT2D eigenvalue weighted by Gasteiger charge is -2.39. The first-order valence-electron chi connectivity index (χ1n) is 8.11. The summed E-state index contributed by atoms with van der Waals surface area (Å²) in [6.45, 7) is 2.22. The summed E-state index contributed by atoms with van der Waals surface area (Å²) in [5, 5.41) is 0. The number of benzene rings is 1. The Hall–Kier alpha value is 0.0500. The molecule has 0 heterocycles. The second-order valence-electron chi connectivity index (χ2n) is 5.88. The van der Waals surface area contributed by atoms with Gasteiger partial charge in [0.1, 0.15) is 5.60 Å². The van der Waals surface area contributed by atoms with Crippen LogP contribution in [0.3, 0.4) is 0 Å². The Morgan fingerprint density at radius 3 is 2.05 bits per heavy atom. The monoisotopic (exact) mass is 364 g/mol. The molecule has 1 aromatic carbocycles. The summed E-state index contributed by atoms with van der Waals surface area (Å²) >= 11 is 18.8. The Bertz CT molecular complexity index is 403. The van der Waals surface area contributed by atoms with Crippen molar-refractivity contribution < 1.29 is 4.74 Å². The molecule has 1 nitrogen and oxygen atoms in total. The van der Waals surface area contributed by atoms with Crippen molar-refractivity contribution >= 4 is 34.8 Å². The van der Waals surface area contributed by atoms with Gasteiger partial charge in [0.25, 0.3) is 0 Å². The lowest BCUT2D eigenvalue weighted by molar-refractivity contribution is -0.0159. The van der Waals surface area contributed by atoms with Crippen LogP contribution in [-0.4, -0.2) is 16.5 Å². The van der Waals surface area contributed by atoms with Gasteiger partial charge in [0.2, 0.25) is 3.79 Å². The molecule has 126 valence electrons. The van der Waals surface area contributed by atoms with Crippen molar-refractivity contribution in [2.45, 2.75) is 67.7 Å². The van der Waals surface area contributed by atoms with Gasteiger partial charge in [-0.1, -0.05) is 111 Å². The van der Waals surface area contributed by atoms with Crippen LogP contribution < -0.4 is 0 Å². The minimum absolute atomic E-state index is 0.607. The average molecular weight is 366 g/mol. The SMILES string of the molecule is CCCCCCCCC(Cc1ccccc1)(OC)C(Cl)(Cl)Cl. The van der Waals surface area contributed by atoms with Gasteiger partial charge < -0.3 is 4.74 Å². The molecule has 0 aromatic heterocycles. The van der Waals surface area contributed by atoms with Crippen LogP contribution in [0.2, 0.25) is 0 Å². The number of unbranched alkanes of at least 4 members (excludes halogenated alkanes) is 5. The van der Waals surface area contributed by atoms with E-state index < -0.39 is 9.39 Å². The van der Waals surface area contributed by atoms with Gasteiger partial charge in [-0.05, 0) is 12.0 Å². The molecule has 0 bridgehead atoms. The quantitative estimate of drug-likeness (QED) is 0.330. The van der Waals surface area contributed by atoms with E-state index in [-0.39, 0.29) is 0 Å². The van der Waals surface area contributed by atoms with Crippen LogP contribution in [0.15, 0.2) is 30.3 Å². The molecule has 0 fully saturated rings. The predicted molar refractivity (Wildman–Crippen MR) is 98.2 cm³/mol. The number of ether oxygens (including phenoxy) is 1. The van der Waals surface area contributed by atoms with E-state index in [0.29, 0.717) is 6.42 Å². The topological polar surface area (TPSA) is 9.23 Å². The highest BCUT2D eigenvalue weighted by Crippen LogP contribution is 2.45. The molecule has 0 aliphatic rings. The van der Waals surface area contributed by atoms with Crippen LogP contribution >= 0.6 is 34.8 Å². The third kappa shape index (κ3) is 6.28. The first-order valence-corrected chi connectivity index (χ1v) is 9.24. The van der Waals surface area contributed by atoms with E-state index in [1.807, 2.05) is 30.3 Å². The second kappa shape index (κ2) is 10.0. The molecule has 0 aliphatic heterocycles. The number of rotatable bonds is 10. The van der Waals surface area contributed by atoms with E-state index in [9.17, 15) is 0 Å². The lowest BCUT2D eigenvalue weighted by Crippen LogP contribution is -2.46. The molecule has 1 unspecified atom stereocenters. The normalized spacial score (nSPS) is 14.8. The van der Waals surface area contributed by atoms with Crippen LogP contribution in [0.1, 0.15) is 57.4 Å². The highest BCUT2D eigenvalue weighted by molar-refractivity contribution is 6.68. The first kappa shape index (κ1) is 20.1. The van der Waals surface area contributed by atoms with Crippen LogP contribution in [0.4, 0.5) is 0 Å². The first-order chi connectivity index (χ1) is 10.4. The number of alkyl halides is 3. The zero-order chi connectivity index (χ0) is 16.5. The van der Waals surface area contributed by atoms with Crippen LogP contribution in [-0.2, 0) is 11.2 Å². The fourth-order valence-electron chi connectivity index (χ4n) is 2.74. The number of hydrogen-bond acceptors (Lipinski definition) is 1. The van der Waals surface area contributed by atoms with Crippen molar-refractivity contribution in [1.29, 1.82) is 0 Å². The zero-order valence-electron chi connectivity index (χ0n) is 13.6. The maximum atomic E-state index is 6.27. The van der Waals surface area contributed by atoms with E-state index in [1.165, 1.54) is 25.7 Å². The molecular formula is C18H27Cl3O. The van der Waals surface area contributed by atoms with Gasteiger partial charge in [0.15, 0.2) is 0 Å². The van der Waals surface area contributed by atoms with E-state index in [4.69, 9.17) is 39.5 Å². The molecule has 1 rings (SSSR count). The summed E-state index contributed by atoms with van der Waals surface area (Å²) in [6, 6.07) is 10.1. The Labute approximate surface area is 150 Å². The van der Waals surface area contributed by atoms with E-state index in [1.54, 1.807) is 7.11 Å². The maximum Gasteiger partial charge on any atom is 0.219 e. The molecule has 4 heteroatoms. The maximum absolute atomic E-state index is 6.27. The Morgan fingerprint density at radius 1 is 0.909 bits per heavy atom. The van der Waals surface area contributed by atoms with Crippen molar-refractivity contribution in [2.24, 2.45) is 0 Å². The fraction of sp³-hybridized carbons (Fsp3) is 0.667. The fourth-order valence-corrected chi connectivity index (χ4v) is 3.45. The third-order valence-corrected chi connectivity index (χ3v) is 5.21. The second-order valence-corrected chi connectivity index (χ2v) is 8.16. The van der Waals surface area contributed by atoms with Crippen LogP contribution in [0.25, 0.3) is 0 Å². The van der Waals surface area contributed by atoms with Crippen molar-refractivity contribution in [1.82, 2.24) is 0 Å². The molecule has 1 aromatic rings. The largest absolute Gasteiger partial charge is 0.373 e. The molecule has 0 saturated carbocycles. The smallest absolute Gasteiger partial charge is 0.219 e. The standard InChI is InChI=1S/C18H27Cl3O/c1-3-4-5-6-7-11-14-17(22-2,18(19,20)21)15-16-12-9-8-10-13-16/h8-10,12-13H,3-7,11,14-15H2,1-2H3. The zero-order valence-corrected chi connectivity index (χ0v) is 15.9. The number of hydrogen-bond donors (Lipinski definition) is 0. The molecule has 0 aliphatic carbocycles. The molecule has 0 saturated heterocycles. The minimum Gasteiger partial charge on any atom is -0.373 e. The summed E-state index contributed by atoms with van der Waals surface area (Å²) in [6.07, 6.45) is 8.59. The number of methoxy groups -OCH3 is 1. The van der Waals surface area contributed by atoms with Crippen LogP contribution in [0, 0.1) is 0 Å². The van der Waals surface area contributed by atoms with Gasteiger partial charge in [0.05, 0.1) is 0 Å². The molecule has 0 amide bonds. The molecular weight excluding hydrogens is 339 g/mol.